The first-order valence-electron chi connectivity index (χ1n) is 12.3. The van der Waals surface area contributed by atoms with E-state index in [9.17, 15) is 14.0 Å². The van der Waals surface area contributed by atoms with Gasteiger partial charge in [-0.15, -0.1) is 0 Å². The predicted octanol–water partition coefficient (Wildman–Crippen LogP) is 5.70. The molecule has 0 spiro atoms. The number of benzene rings is 3. The van der Waals surface area contributed by atoms with E-state index < -0.39 is 12.3 Å². The molecule has 2 N–H and O–H groups in total. The lowest BCUT2D eigenvalue weighted by Gasteiger charge is -2.24. The van der Waals surface area contributed by atoms with Gasteiger partial charge in [0, 0.05) is 40.2 Å². The third-order valence-corrected chi connectivity index (χ3v) is 7.40. The lowest BCUT2D eigenvalue weighted by atomic mass is 10.0. The number of nitrogens with zero attached hydrogens (tertiary/aromatic N) is 2. The van der Waals surface area contributed by atoms with Gasteiger partial charge in [0.25, 0.3) is 5.91 Å². The van der Waals surface area contributed by atoms with Crippen molar-refractivity contribution in [2.45, 2.75) is 25.7 Å². The molecule has 0 saturated carbocycles. The number of rotatable bonds is 6. The summed E-state index contributed by atoms with van der Waals surface area (Å²) in [5.41, 5.74) is 5.66. The van der Waals surface area contributed by atoms with Crippen LogP contribution in [0, 0.1) is 5.82 Å². The SMILES string of the molecule is CC1O[C@@H](c2cn(-c3ccc(Br)cc3)cc2-c2ccc(F)cc2)N(CCc2ccc3[nH]c(=O)[nH]c3c2)C1=O. The van der Waals surface area contributed by atoms with E-state index in [-0.39, 0.29) is 17.4 Å². The second-order valence-corrected chi connectivity index (χ2v) is 10.3. The van der Waals surface area contributed by atoms with Crippen molar-refractivity contribution in [2.24, 2.45) is 0 Å². The van der Waals surface area contributed by atoms with Crippen molar-refractivity contribution in [1.29, 1.82) is 0 Å². The number of aromatic nitrogens is 3. The molecule has 3 heterocycles. The highest BCUT2D eigenvalue weighted by Gasteiger charge is 2.40. The molecule has 6 rings (SSSR count). The molecular weight excluding hydrogens is 551 g/mol. The molecule has 1 aliphatic heterocycles. The molecule has 5 aromatic rings. The van der Waals surface area contributed by atoms with E-state index in [1.165, 1.54) is 12.1 Å². The fourth-order valence-electron chi connectivity index (χ4n) is 4.93. The maximum absolute atomic E-state index is 13.7. The highest BCUT2D eigenvalue weighted by atomic mass is 79.9. The standard InChI is InChI=1S/C29H24BrFN4O3/c1-17-27(36)35(13-12-18-2-11-25-26(14-18)33-29(37)32-25)28(38-17)24-16-34(22-9-5-20(30)6-10-22)15-23(24)19-3-7-21(31)8-4-19/h2-11,14-17,28H,12-13H2,1H3,(H2,32,33,37)/t17?,28-/m0/s1. The minimum absolute atomic E-state index is 0.0902. The van der Waals surface area contributed by atoms with Gasteiger partial charge >= 0.3 is 5.69 Å². The molecule has 0 bridgehead atoms. The number of hydrogen-bond acceptors (Lipinski definition) is 3. The number of hydrogen-bond donors (Lipinski definition) is 2. The highest BCUT2D eigenvalue weighted by molar-refractivity contribution is 9.10. The summed E-state index contributed by atoms with van der Waals surface area (Å²) in [5, 5.41) is 0. The average molecular weight is 575 g/mol. The van der Waals surface area contributed by atoms with E-state index in [4.69, 9.17) is 4.74 Å². The molecule has 3 aromatic carbocycles. The van der Waals surface area contributed by atoms with Gasteiger partial charge in [-0.1, -0.05) is 34.1 Å². The fraction of sp³-hybridized carbons (Fsp3) is 0.172. The number of H-pyrrole nitrogens is 2. The number of fused-ring (bicyclic) bond motifs is 1. The Morgan fingerprint density at radius 3 is 2.45 bits per heavy atom. The maximum atomic E-state index is 13.7. The summed E-state index contributed by atoms with van der Waals surface area (Å²) in [7, 11) is 0. The third-order valence-electron chi connectivity index (χ3n) is 6.87. The Kier molecular flexibility index (Phi) is 6.25. The summed E-state index contributed by atoms with van der Waals surface area (Å²) in [6.45, 7) is 2.19. The van der Waals surface area contributed by atoms with Crippen molar-refractivity contribution in [3.05, 3.63) is 111 Å². The third kappa shape index (κ3) is 4.59. The van der Waals surface area contributed by atoms with Crippen LogP contribution in [0.1, 0.15) is 24.3 Å². The minimum Gasteiger partial charge on any atom is -0.341 e. The van der Waals surface area contributed by atoms with Crippen molar-refractivity contribution < 1.29 is 13.9 Å². The van der Waals surface area contributed by atoms with Crippen LogP contribution in [0.15, 0.2) is 88.4 Å². The second kappa shape index (κ2) is 9.74. The summed E-state index contributed by atoms with van der Waals surface area (Å²) >= 11 is 3.48. The van der Waals surface area contributed by atoms with Gasteiger partial charge in [-0.25, -0.2) is 9.18 Å². The average Bonchev–Trinajstić information content (AvgIpc) is 3.58. The van der Waals surface area contributed by atoms with Gasteiger partial charge in [-0.3, -0.25) is 4.79 Å². The zero-order valence-electron chi connectivity index (χ0n) is 20.4. The largest absolute Gasteiger partial charge is 0.341 e. The van der Waals surface area contributed by atoms with Crippen LogP contribution in [0.4, 0.5) is 4.39 Å². The number of aromatic amines is 2. The van der Waals surface area contributed by atoms with Gasteiger partial charge in [-0.2, -0.15) is 0 Å². The second-order valence-electron chi connectivity index (χ2n) is 9.39. The Morgan fingerprint density at radius 1 is 0.947 bits per heavy atom. The van der Waals surface area contributed by atoms with Crippen LogP contribution < -0.4 is 5.69 Å². The van der Waals surface area contributed by atoms with Crippen LogP contribution in [0.5, 0.6) is 0 Å². The topological polar surface area (TPSA) is 83.1 Å². The highest BCUT2D eigenvalue weighted by Crippen LogP contribution is 2.39. The molecule has 7 nitrogen and oxygen atoms in total. The van der Waals surface area contributed by atoms with Crippen molar-refractivity contribution in [3.63, 3.8) is 0 Å². The van der Waals surface area contributed by atoms with E-state index in [1.807, 2.05) is 59.4 Å². The molecular formula is C29H24BrFN4O3. The van der Waals surface area contributed by atoms with E-state index in [0.29, 0.717) is 13.0 Å². The number of imidazole rings is 1. The number of amides is 1. The van der Waals surface area contributed by atoms with Crippen molar-refractivity contribution in [2.75, 3.05) is 6.54 Å². The molecule has 2 aromatic heterocycles. The number of halogens is 2. The molecule has 1 fully saturated rings. The molecule has 0 radical (unpaired) electrons. The first-order chi connectivity index (χ1) is 18.4. The van der Waals surface area contributed by atoms with Crippen LogP contribution in [-0.2, 0) is 16.0 Å². The molecule has 1 saturated heterocycles. The Balaban J connectivity index is 1.36. The van der Waals surface area contributed by atoms with Gasteiger partial charge in [0.15, 0.2) is 6.23 Å². The zero-order chi connectivity index (χ0) is 26.4. The fourth-order valence-corrected chi connectivity index (χ4v) is 5.19. The van der Waals surface area contributed by atoms with Gasteiger partial charge in [0.1, 0.15) is 11.9 Å². The summed E-state index contributed by atoms with van der Waals surface area (Å²) in [6, 6.07) is 20.0. The Bertz CT molecular complexity index is 1690. The van der Waals surface area contributed by atoms with Crippen molar-refractivity contribution in [3.8, 4) is 16.8 Å². The van der Waals surface area contributed by atoms with E-state index in [2.05, 4.69) is 25.9 Å². The van der Waals surface area contributed by atoms with Gasteiger partial charge in [0.05, 0.1) is 11.0 Å². The summed E-state index contributed by atoms with van der Waals surface area (Å²) < 4.78 is 22.9. The lowest BCUT2D eigenvalue weighted by molar-refractivity contribution is -0.130. The van der Waals surface area contributed by atoms with Crippen LogP contribution in [0.2, 0.25) is 0 Å². The molecule has 192 valence electrons. The smallest absolute Gasteiger partial charge is 0.323 e. The maximum Gasteiger partial charge on any atom is 0.323 e. The van der Waals surface area contributed by atoms with Crippen LogP contribution in [-0.4, -0.2) is 38.0 Å². The van der Waals surface area contributed by atoms with E-state index >= 15 is 0 Å². The Hall–Kier alpha value is -3.95. The van der Waals surface area contributed by atoms with Gasteiger partial charge in [-0.05, 0) is 73.0 Å². The van der Waals surface area contributed by atoms with Gasteiger partial charge < -0.3 is 24.2 Å². The summed E-state index contributed by atoms with van der Waals surface area (Å²) in [6.07, 6.45) is 3.34. The molecule has 0 aliphatic carbocycles. The van der Waals surface area contributed by atoms with Crippen molar-refractivity contribution in [1.82, 2.24) is 19.4 Å². The first-order valence-corrected chi connectivity index (χ1v) is 13.1. The molecule has 1 amide bonds. The van der Waals surface area contributed by atoms with E-state index in [1.54, 1.807) is 24.0 Å². The minimum atomic E-state index is -0.606. The summed E-state index contributed by atoms with van der Waals surface area (Å²) in [4.78, 5) is 32.1. The molecule has 9 heteroatoms. The Labute approximate surface area is 226 Å². The van der Waals surface area contributed by atoms with E-state index in [0.717, 1.165) is 43.4 Å². The number of nitrogens with one attached hydrogen (secondary N) is 2. The number of carbonyl (C=O) groups excluding carboxylic acids is 1. The molecule has 1 aliphatic rings. The molecule has 1 unspecified atom stereocenters. The monoisotopic (exact) mass is 574 g/mol. The van der Waals surface area contributed by atoms with Crippen LogP contribution in [0.25, 0.3) is 27.8 Å². The first kappa shape index (κ1) is 24.4. The van der Waals surface area contributed by atoms with Gasteiger partial charge in [0.2, 0.25) is 0 Å². The van der Waals surface area contributed by atoms with Crippen molar-refractivity contribution >= 4 is 32.9 Å². The summed E-state index contributed by atoms with van der Waals surface area (Å²) in [5.74, 6) is -0.404. The normalized spacial score (nSPS) is 17.6. The number of ether oxygens (including phenoxy) is 1. The van der Waals surface area contributed by atoms with Crippen LogP contribution >= 0.6 is 15.9 Å². The predicted molar refractivity (Wildman–Crippen MR) is 146 cm³/mol. The molecule has 38 heavy (non-hydrogen) atoms. The lowest BCUT2D eigenvalue weighted by Crippen LogP contribution is -2.32. The quantitative estimate of drug-likeness (QED) is 0.273. The Morgan fingerprint density at radius 2 is 1.68 bits per heavy atom. The zero-order valence-corrected chi connectivity index (χ0v) is 22.0. The number of carbonyl (C=O) groups is 1. The molecule has 2 atom stereocenters. The van der Waals surface area contributed by atoms with Crippen LogP contribution in [0.3, 0.4) is 0 Å².